The Morgan fingerprint density at radius 2 is 2.07 bits per heavy atom. The molecule has 2 nitrogen and oxygen atoms in total. The average molecular weight is 208 g/mol. The first-order chi connectivity index (χ1) is 6.86. The van der Waals surface area contributed by atoms with Crippen LogP contribution in [0.25, 0.3) is 0 Å². The third-order valence-electron chi connectivity index (χ3n) is 1.93. The van der Waals surface area contributed by atoms with Crippen molar-refractivity contribution < 1.29 is 0 Å². The lowest BCUT2D eigenvalue weighted by Gasteiger charge is -2.06. The van der Waals surface area contributed by atoms with Gasteiger partial charge < -0.3 is 5.32 Å². The van der Waals surface area contributed by atoms with Gasteiger partial charge in [-0.25, -0.2) is 0 Å². The van der Waals surface area contributed by atoms with Gasteiger partial charge in [-0.1, -0.05) is 42.1 Å². The second kappa shape index (κ2) is 6.49. The quantitative estimate of drug-likeness (QED) is 0.608. The minimum absolute atomic E-state index is 0.942. The van der Waals surface area contributed by atoms with Crippen molar-refractivity contribution in [1.29, 1.82) is 0 Å². The number of hydrogen-bond acceptors (Lipinski definition) is 2. The summed E-state index contributed by atoms with van der Waals surface area (Å²) in [5.41, 5.74) is 1.36. The van der Waals surface area contributed by atoms with E-state index in [-0.39, 0.29) is 0 Å². The molecule has 0 amide bonds. The van der Waals surface area contributed by atoms with Crippen LogP contribution in [0, 0.1) is 0 Å². The van der Waals surface area contributed by atoms with Gasteiger partial charge in [-0.2, -0.15) is 0 Å². The highest BCUT2D eigenvalue weighted by atomic mass is 32.2. The van der Waals surface area contributed by atoms with Crippen LogP contribution in [0.4, 0.5) is 0 Å². The average Bonchev–Trinajstić information content (AvgIpc) is 2.26. The van der Waals surface area contributed by atoms with E-state index in [0.29, 0.717) is 0 Å². The van der Waals surface area contributed by atoms with Crippen LogP contribution in [0.15, 0.2) is 35.3 Å². The third-order valence-corrected chi connectivity index (χ3v) is 2.64. The molecule has 0 heterocycles. The number of amidine groups is 1. The molecule has 14 heavy (non-hydrogen) atoms. The molecule has 0 unspecified atom stereocenters. The Morgan fingerprint density at radius 1 is 1.36 bits per heavy atom. The van der Waals surface area contributed by atoms with Gasteiger partial charge in [-0.15, -0.1) is 0 Å². The van der Waals surface area contributed by atoms with Crippen LogP contribution in [0.5, 0.6) is 0 Å². The molecule has 0 aliphatic heterocycles. The fraction of sp³-hybridized carbons (Fsp3) is 0.364. The number of nitrogens with zero attached hydrogens (tertiary/aromatic N) is 1. The largest absolute Gasteiger partial charge is 0.365 e. The van der Waals surface area contributed by atoms with Crippen LogP contribution in [0.2, 0.25) is 0 Å². The molecule has 1 aromatic rings. The van der Waals surface area contributed by atoms with Crippen LogP contribution in [-0.2, 0) is 6.42 Å². The summed E-state index contributed by atoms with van der Waals surface area (Å²) < 4.78 is 0. The zero-order valence-corrected chi connectivity index (χ0v) is 9.47. The first-order valence-corrected chi connectivity index (χ1v) is 5.88. The van der Waals surface area contributed by atoms with Crippen molar-refractivity contribution in [2.45, 2.75) is 6.42 Å². The molecular weight excluding hydrogens is 192 g/mol. The molecule has 0 bridgehead atoms. The Hall–Kier alpha value is -0.960. The summed E-state index contributed by atoms with van der Waals surface area (Å²) in [6.45, 7) is 0.942. The Morgan fingerprint density at radius 3 is 2.64 bits per heavy atom. The smallest absolute Gasteiger partial charge is 0.156 e. The highest BCUT2D eigenvalue weighted by molar-refractivity contribution is 8.13. The Bertz CT molecular complexity index is 283. The molecule has 0 radical (unpaired) electrons. The van der Waals surface area contributed by atoms with Crippen molar-refractivity contribution in [3.8, 4) is 0 Å². The van der Waals surface area contributed by atoms with E-state index in [1.807, 2.05) is 12.3 Å². The van der Waals surface area contributed by atoms with Crippen LogP contribution in [-0.4, -0.2) is 25.0 Å². The van der Waals surface area contributed by atoms with E-state index in [9.17, 15) is 0 Å². The van der Waals surface area contributed by atoms with E-state index in [4.69, 9.17) is 0 Å². The maximum Gasteiger partial charge on any atom is 0.156 e. The molecule has 3 heteroatoms. The van der Waals surface area contributed by atoms with Crippen molar-refractivity contribution in [2.24, 2.45) is 4.99 Å². The molecule has 1 aromatic carbocycles. The van der Waals surface area contributed by atoms with E-state index in [1.54, 1.807) is 18.8 Å². The molecule has 0 aromatic heterocycles. The van der Waals surface area contributed by atoms with E-state index in [1.165, 1.54) is 5.56 Å². The minimum Gasteiger partial charge on any atom is -0.365 e. The SMILES string of the molecule is CN=C(NCCc1ccccc1)SC. The number of benzene rings is 1. The van der Waals surface area contributed by atoms with Gasteiger partial charge >= 0.3 is 0 Å². The van der Waals surface area contributed by atoms with Gasteiger partial charge in [0.15, 0.2) is 5.17 Å². The van der Waals surface area contributed by atoms with Crippen LogP contribution < -0.4 is 5.32 Å². The normalized spacial score (nSPS) is 11.4. The fourth-order valence-electron chi connectivity index (χ4n) is 1.20. The van der Waals surface area contributed by atoms with Crippen LogP contribution >= 0.6 is 11.8 Å². The second-order valence-corrected chi connectivity index (χ2v) is 3.69. The number of thioether (sulfide) groups is 1. The molecule has 0 fully saturated rings. The van der Waals surface area contributed by atoms with Gasteiger partial charge in [0.05, 0.1) is 0 Å². The molecule has 0 aliphatic carbocycles. The number of aliphatic imine (C=N–C) groups is 1. The molecular formula is C11H16N2S. The summed E-state index contributed by atoms with van der Waals surface area (Å²) in [4.78, 5) is 4.11. The summed E-state index contributed by atoms with van der Waals surface area (Å²) in [7, 11) is 1.81. The summed E-state index contributed by atoms with van der Waals surface area (Å²) in [5, 5.41) is 4.28. The van der Waals surface area contributed by atoms with Gasteiger partial charge in [0.2, 0.25) is 0 Å². The zero-order chi connectivity index (χ0) is 10.2. The topological polar surface area (TPSA) is 24.4 Å². The Labute approximate surface area is 89.8 Å². The first-order valence-electron chi connectivity index (χ1n) is 4.65. The van der Waals surface area contributed by atoms with Gasteiger partial charge in [0.25, 0.3) is 0 Å². The predicted molar refractivity (Wildman–Crippen MR) is 65.0 cm³/mol. The van der Waals surface area contributed by atoms with Gasteiger partial charge in [-0.3, -0.25) is 4.99 Å². The molecule has 0 saturated carbocycles. The third kappa shape index (κ3) is 3.83. The standard InChI is InChI=1S/C11H16N2S/c1-12-11(14-2)13-9-8-10-6-4-3-5-7-10/h3-7H,8-9H2,1-2H3,(H,12,13). The minimum atomic E-state index is 0.942. The van der Waals surface area contributed by atoms with E-state index in [2.05, 4.69) is 34.6 Å². The van der Waals surface area contributed by atoms with Crippen LogP contribution in [0.3, 0.4) is 0 Å². The Balaban J connectivity index is 2.29. The van der Waals surface area contributed by atoms with Gasteiger partial charge in [-0.05, 0) is 18.2 Å². The van der Waals surface area contributed by atoms with E-state index >= 15 is 0 Å². The summed E-state index contributed by atoms with van der Waals surface area (Å²) in [5.74, 6) is 0. The van der Waals surface area contributed by atoms with Crippen molar-refractivity contribution in [3.05, 3.63) is 35.9 Å². The maximum absolute atomic E-state index is 4.11. The zero-order valence-electron chi connectivity index (χ0n) is 8.66. The van der Waals surface area contributed by atoms with Crippen molar-refractivity contribution in [1.82, 2.24) is 5.32 Å². The summed E-state index contributed by atoms with van der Waals surface area (Å²) >= 11 is 1.64. The lowest BCUT2D eigenvalue weighted by atomic mass is 10.2. The molecule has 0 aliphatic rings. The lowest BCUT2D eigenvalue weighted by molar-refractivity contribution is 0.873. The summed E-state index contributed by atoms with van der Waals surface area (Å²) in [6, 6.07) is 10.5. The monoisotopic (exact) mass is 208 g/mol. The molecule has 0 spiro atoms. The van der Waals surface area contributed by atoms with E-state index < -0.39 is 0 Å². The molecule has 1 N–H and O–H groups in total. The predicted octanol–water partition coefficient (Wildman–Crippen LogP) is 2.17. The van der Waals surface area contributed by atoms with Crippen molar-refractivity contribution >= 4 is 16.9 Å². The lowest BCUT2D eigenvalue weighted by Crippen LogP contribution is -2.22. The van der Waals surface area contributed by atoms with Gasteiger partial charge in [0, 0.05) is 13.6 Å². The fourth-order valence-corrected chi connectivity index (χ4v) is 1.63. The highest BCUT2D eigenvalue weighted by Gasteiger charge is 1.94. The maximum atomic E-state index is 4.11. The van der Waals surface area contributed by atoms with Gasteiger partial charge in [0.1, 0.15) is 0 Å². The van der Waals surface area contributed by atoms with Crippen LogP contribution in [0.1, 0.15) is 5.56 Å². The molecule has 0 atom stereocenters. The van der Waals surface area contributed by atoms with Crippen molar-refractivity contribution in [3.63, 3.8) is 0 Å². The Kier molecular flexibility index (Phi) is 5.15. The van der Waals surface area contributed by atoms with Crippen molar-refractivity contribution in [2.75, 3.05) is 19.8 Å². The summed E-state index contributed by atoms with van der Waals surface area (Å²) in [6.07, 6.45) is 3.07. The number of hydrogen-bond donors (Lipinski definition) is 1. The molecule has 0 saturated heterocycles. The molecule has 1 rings (SSSR count). The number of nitrogens with one attached hydrogen (secondary N) is 1. The first kappa shape index (κ1) is 11.1. The molecule has 76 valence electrons. The highest BCUT2D eigenvalue weighted by Crippen LogP contribution is 1.99. The van der Waals surface area contributed by atoms with E-state index in [0.717, 1.165) is 18.1 Å². The second-order valence-electron chi connectivity index (χ2n) is 2.90. The number of rotatable bonds is 3.